The second-order valence-corrected chi connectivity index (χ2v) is 4.56. The number of nitrogens with one attached hydrogen (secondary N) is 1. The number of carbonyl (C=O) groups is 1. The van der Waals surface area contributed by atoms with Gasteiger partial charge in [0, 0.05) is 17.5 Å². The summed E-state index contributed by atoms with van der Waals surface area (Å²) in [5.74, 6) is 0.562. The van der Waals surface area contributed by atoms with Crippen molar-refractivity contribution in [3.05, 3.63) is 42.0 Å². The number of benzene rings is 1. The van der Waals surface area contributed by atoms with Crippen LogP contribution in [0.5, 0.6) is 0 Å². The van der Waals surface area contributed by atoms with Crippen LogP contribution in [0.2, 0.25) is 0 Å². The van der Waals surface area contributed by atoms with Crippen LogP contribution in [0, 0.1) is 0 Å². The summed E-state index contributed by atoms with van der Waals surface area (Å²) < 4.78 is 1.78. The van der Waals surface area contributed by atoms with Crippen LogP contribution in [0.3, 0.4) is 0 Å². The first-order valence-electron chi connectivity index (χ1n) is 5.51. The van der Waals surface area contributed by atoms with Gasteiger partial charge in [0.1, 0.15) is 6.33 Å². The number of thiol groups is 1. The smallest absolute Gasteiger partial charge is 0.251 e. The van der Waals surface area contributed by atoms with E-state index in [9.17, 15) is 4.79 Å². The monoisotopic (exact) mass is 262 g/mol. The summed E-state index contributed by atoms with van der Waals surface area (Å²) in [4.78, 5) is 12.8. The second-order valence-electron chi connectivity index (χ2n) is 4.05. The van der Waals surface area contributed by atoms with E-state index in [0.29, 0.717) is 11.4 Å². The van der Waals surface area contributed by atoms with Crippen molar-refractivity contribution in [1.29, 1.82) is 0 Å². The first kappa shape index (κ1) is 12.6. The molecular weight excluding hydrogens is 248 g/mol. The Morgan fingerprint density at radius 2 is 2.28 bits per heavy atom. The van der Waals surface area contributed by atoms with Crippen molar-refractivity contribution in [2.24, 2.45) is 7.05 Å². The summed E-state index contributed by atoms with van der Waals surface area (Å²) in [6.45, 7) is 1.87. The van der Waals surface area contributed by atoms with E-state index in [4.69, 9.17) is 0 Å². The van der Waals surface area contributed by atoms with Gasteiger partial charge in [0.2, 0.25) is 0 Å². The lowest BCUT2D eigenvalue weighted by Gasteiger charge is -2.13. The molecule has 6 heteroatoms. The van der Waals surface area contributed by atoms with Gasteiger partial charge in [-0.1, -0.05) is 6.07 Å². The lowest BCUT2D eigenvalue weighted by Crippen LogP contribution is -2.28. The predicted octanol–water partition coefficient (Wildman–Crippen LogP) is 1.59. The van der Waals surface area contributed by atoms with E-state index in [1.54, 1.807) is 29.1 Å². The number of amides is 1. The maximum atomic E-state index is 12.0. The van der Waals surface area contributed by atoms with Gasteiger partial charge in [-0.3, -0.25) is 4.79 Å². The number of hydrogen-bond acceptors (Lipinski definition) is 4. The molecule has 1 atom stereocenters. The van der Waals surface area contributed by atoms with E-state index in [1.165, 1.54) is 0 Å². The third-order valence-electron chi connectivity index (χ3n) is 2.59. The summed E-state index contributed by atoms with van der Waals surface area (Å²) >= 11 is 4.21. The molecule has 0 spiro atoms. The molecule has 0 radical (unpaired) electrons. The molecule has 1 heterocycles. The van der Waals surface area contributed by atoms with Gasteiger partial charge in [0.25, 0.3) is 5.91 Å². The minimum Gasteiger partial charge on any atom is -0.342 e. The fraction of sp³-hybridized carbons (Fsp3) is 0.250. The molecule has 0 fully saturated rings. The summed E-state index contributed by atoms with van der Waals surface area (Å²) in [7, 11) is 1.84. The van der Waals surface area contributed by atoms with Crippen LogP contribution in [0.25, 0.3) is 0 Å². The zero-order valence-electron chi connectivity index (χ0n) is 10.2. The van der Waals surface area contributed by atoms with Crippen LogP contribution in [0.15, 0.2) is 35.5 Å². The molecule has 94 valence electrons. The van der Waals surface area contributed by atoms with Crippen molar-refractivity contribution in [3.8, 4) is 0 Å². The third-order valence-corrected chi connectivity index (χ3v) is 2.87. The molecule has 5 nitrogen and oxygen atoms in total. The van der Waals surface area contributed by atoms with Crippen LogP contribution in [0.4, 0.5) is 0 Å². The maximum absolute atomic E-state index is 12.0. The Hall–Kier alpha value is -1.82. The average Bonchev–Trinajstić information content (AvgIpc) is 2.75. The van der Waals surface area contributed by atoms with Crippen molar-refractivity contribution >= 4 is 18.5 Å². The van der Waals surface area contributed by atoms with Crippen molar-refractivity contribution < 1.29 is 4.79 Å². The average molecular weight is 262 g/mol. The third kappa shape index (κ3) is 2.70. The van der Waals surface area contributed by atoms with E-state index in [-0.39, 0.29) is 11.9 Å². The highest BCUT2D eigenvalue weighted by molar-refractivity contribution is 7.80. The molecule has 0 aliphatic rings. The maximum Gasteiger partial charge on any atom is 0.251 e. The van der Waals surface area contributed by atoms with Crippen molar-refractivity contribution in [3.63, 3.8) is 0 Å². The molecule has 0 bridgehead atoms. The Kier molecular flexibility index (Phi) is 3.66. The normalized spacial score (nSPS) is 12.2. The quantitative estimate of drug-likeness (QED) is 0.826. The molecule has 1 amide bonds. The zero-order chi connectivity index (χ0) is 13.1. The lowest BCUT2D eigenvalue weighted by molar-refractivity contribution is 0.0937. The molecule has 0 saturated heterocycles. The van der Waals surface area contributed by atoms with Gasteiger partial charge in [-0.05, 0) is 25.1 Å². The van der Waals surface area contributed by atoms with Gasteiger partial charge >= 0.3 is 0 Å². The second kappa shape index (κ2) is 5.22. The van der Waals surface area contributed by atoms with Crippen molar-refractivity contribution in [1.82, 2.24) is 20.1 Å². The van der Waals surface area contributed by atoms with Gasteiger partial charge in [0.05, 0.1) is 6.04 Å². The highest BCUT2D eigenvalue weighted by atomic mass is 32.1. The lowest BCUT2D eigenvalue weighted by atomic mass is 10.2. The number of carbonyl (C=O) groups excluding carboxylic acids is 1. The van der Waals surface area contributed by atoms with Gasteiger partial charge in [-0.2, -0.15) is 0 Å². The minimum absolute atomic E-state index is 0.151. The summed E-state index contributed by atoms with van der Waals surface area (Å²) in [5, 5.41) is 10.6. The van der Waals surface area contributed by atoms with E-state index < -0.39 is 0 Å². The van der Waals surface area contributed by atoms with Gasteiger partial charge in [-0.15, -0.1) is 22.8 Å². The van der Waals surface area contributed by atoms with Crippen LogP contribution in [-0.2, 0) is 7.05 Å². The molecule has 2 rings (SSSR count). The van der Waals surface area contributed by atoms with E-state index in [2.05, 4.69) is 28.1 Å². The molecule has 1 unspecified atom stereocenters. The zero-order valence-corrected chi connectivity index (χ0v) is 11.1. The number of aromatic nitrogens is 3. The minimum atomic E-state index is -0.200. The fourth-order valence-corrected chi connectivity index (χ4v) is 1.90. The number of aryl methyl sites for hydroxylation is 1. The van der Waals surface area contributed by atoms with Crippen LogP contribution >= 0.6 is 12.6 Å². The van der Waals surface area contributed by atoms with Gasteiger partial charge in [-0.25, -0.2) is 0 Å². The Morgan fingerprint density at radius 3 is 2.89 bits per heavy atom. The van der Waals surface area contributed by atoms with Crippen molar-refractivity contribution in [2.75, 3.05) is 0 Å². The summed E-state index contributed by atoms with van der Waals surface area (Å²) in [5.41, 5.74) is 0.580. The SMILES string of the molecule is CC(NC(=O)c1cccc(S)c1)c1nncn1C. The number of hydrogen-bond donors (Lipinski definition) is 2. The number of rotatable bonds is 3. The van der Waals surface area contributed by atoms with Crippen molar-refractivity contribution in [2.45, 2.75) is 17.9 Å². The Bertz CT molecular complexity index is 567. The standard InChI is InChI=1S/C12H14N4OS/c1-8(11-15-13-7-16(11)2)14-12(17)9-4-3-5-10(18)6-9/h3-8,18H,1-2H3,(H,14,17). The van der Waals surface area contributed by atoms with Gasteiger partial charge < -0.3 is 9.88 Å². The summed E-state index contributed by atoms with van der Waals surface area (Å²) in [6, 6.07) is 6.89. The first-order valence-corrected chi connectivity index (χ1v) is 5.96. The fourth-order valence-electron chi connectivity index (χ4n) is 1.68. The molecule has 0 saturated carbocycles. The van der Waals surface area contributed by atoms with Gasteiger partial charge in [0.15, 0.2) is 5.82 Å². The van der Waals surface area contributed by atoms with Crippen LogP contribution in [0.1, 0.15) is 29.1 Å². The highest BCUT2D eigenvalue weighted by Crippen LogP contribution is 2.12. The molecule has 18 heavy (non-hydrogen) atoms. The van der Waals surface area contributed by atoms with Crippen LogP contribution in [-0.4, -0.2) is 20.7 Å². The molecular formula is C12H14N4OS. The molecule has 0 aliphatic heterocycles. The van der Waals surface area contributed by atoms with E-state index in [1.807, 2.05) is 20.0 Å². The first-order chi connectivity index (χ1) is 8.58. The Morgan fingerprint density at radius 1 is 1.50 bits per heavy atom. The molecule has 1 aromatic heterocycles. The Balaban J connectivity index is 2.10. The molecule has 0 aliphatic carbocycles. The molecule has 1 aromatic carbocycles. The van der Waals surface area contributed by atoms with Crippen LogP contribution < -0.4 is 5.32 Å². The topological polar surface area (TPSA) is 59.8 Å². The predicted molar refractivity (Wildman–Crippen MR) is 70.6 cm³/mol. The molecule has 2 aromatic rings. The van der Waals surface area contributed by atoms with E-state index >= 15 is 0 Å². The summed E-state index contributed by atoms with van der Waals surface area (Å²) in [6.07, 6.45) is 1.60. The molecule has 1 N–H and O–H groups in total. The highest BCUT2D eigenvalue weighted by Gasteiger charge is 2.15. The largest absolute Gasteiger partial charge is 0.342 e. The Labute approximate surface area is 111 Å². The number of nitrogens with zero attached hydrogens (tertiary/aromatic N) is 3. The van der Waals surface area contributed by atoms with E-state index in [0.717, 1.165) is 4.90 Å².